The molecular formula is C19H28ClN3O. The van der Waals surface area contributed by atoms with Gasteiger partial charge in [-0.2, -0.15) is 0 Å². The molecule has 3 rings (SSSR count). The zero-order chi connectivity index (χ0) is 17.1. The Hall–Kier alpha value is -1.10. The van der Waals surface area contributed by atoms with Gasteiger partial charge in [0.25, 0.3) is 0 Å². The first-order valence-electron chi connectivity index (χ1n) is 9.05. The topological polar surface area (TPSA) is 44.4 Å². The summed E-state index contributed by atoms with van der Waals surface area (Å²) < 4.78 is 0. The number of likely N-dealkylation sites (tertiary alicyclic amines) is 1. The van der Waals surface area contributed by atoms with Gasteiger partial charge < -0.3 is 10.6 Å². The minimum absolute atomic E-state index is 0.0290. The van der Waals surface area contributed by atoms with Crippen LogP contribution in [0.25, 0.3) is 0 Å². The number of amides is 1. The van der Waals surface area contributed by atoms with Gasteiger partial charge in [0.1, 0.15) is 0 Å². The summed E-state index contributed by atoms with van der Waals surface area (Å²) in [6.07, 6.45) is 5.00. The molecule has 0 spiro atoms. The molecule has 1 amide bonds. The number of benzene rings is 1. The van der Waals surface area contributed by atoms with Crippen molar-refractivity contribution in [1.82, 2.24) is 10.2 Å². The van der Waals surface area contributed by atoms with Gasteiger partial charge in [0.15, 0.2) is 0 Å². The molecule has 1 aromatic rings. The summed E-state index contributed by atoms with van der Waals surface area (Å²) in [7, 11) is 0. The number of carbonyl (C=O) groups excluding carboxylic acids is 1. The molecule has 2 aliphatic heterocycles. The van der Waals surface area contributed by atoms with Crippen LogP contribution in [0.1, 0.15) is 36.8 Å². The van der Waals surface area contributed by atoms with Gasteiger partial charge in [-0.3, -0.25) is 9.69 Å². The molecule has 4 nitrogen and oxygen atoms in total. The van der Waals surface area contributed by atoms with Gasteiger partial charge >= 0.3 is 0 Å². The number of hydrogen-bond donors (Lipinski definition) is 2. The number of aryl methyl sites for hydroxylation is 2. The Kier molecular flexibility index (Phi) is 5.80. The predicted octanol–water partition coefficient (Wildman–Crippen LogP) is 3.36. The van der Waals surface area contributed by atoms with Crippen LogP contribution in [0.15, 0.2) is 12.1 Å². The first-order chi connectivity index (χ1) is 11.5. The molecule has 0 aromatic heterocycles. The van der Waals surface area contributed by atoms with Crippen molar-refractivity contribution in [3.05, 3.63) is 28.3 Å². The normalized spacial score (nSPS) is 22.7. The van der Waals surface area contributed by atoms with E-state index in [0.717, 1.165) is 35.8 Å². The third-order valence-electron chi connectivity index (χ3n) is 5.36. The zero-order valence-electron chi connectivity index (χ0n) is 14.7. The summed E-state index contributed by atoms with van der Waals surface area (Å²) in [5.74, 6) is 0.807. The number of halogens is 1. The van der Waals surface area contributed by atoms with E-state index < -0.39 is 0 Å². The summed E-state index contributed by atoms with van der Waals surface area (Å²) >= 11 is 6.28. The van der Waals surface area contributed by atoms with Gasteiger partial charge in [-0.25, -0.2) is 0 Å². The van der Waals surface area contributed by atoms with Crippen molar-refractivity contribution in [3.8, 4) is 0 Å². The summed E-state index contributed by atoms with van der Waals surface area (Å²) in [6.45, 7) is 7.63. The molecule has 2 N–H and O–H groups in total. The Labute approximate surface area is 149 Å². The van der Waals surface area contributed by atoms with E-state index in [4.69, 9.17) is 11.6 Å². The summed E-state index contributed by atoms with van der Waals surface area (Å²) in [4.78, 5) is 14.6. The van der Waals surface area contributed by atoms with Crippen LogP contribution < -0.4 is 10.6 Å². The van der Waals surface area contributed by atoms with Crippen LogP contribution in [0.5, 0.6) is 0 Å². The zero-order valence-corrected chi connectivity index (χ0v) is 15.5. The number of nitrogens with zero attached hydrogens (tertiary/aromatic N) is 1. The SMILES string of the molecule is Cc1cc(C)c(NC(=O)CN2CCC(C3CCCN3)CC2)c(Cl)c1. The molecular weight excluding hydrogens is 322 g/mol. The average molecular weight is 350 g/mol. The molecule has 2 saturated heterocycles. The van der Waals surface area contributed by atoms with Gasteiger partial charge in [-0.1, -0.05) is 17.7 Å². The minimum Gasteiger partial charge on any atom is -0.323 e. The fourth-order valence-electron chi connectivity index (χ4n) is 4.08. The first-order valence-corrected chi connectivity index (χ1v) is 9.43. The van der Waals surface area contributed by atoms with Crippen molar-refractivity contribution in [2.45, 2.75) is 45.6 Å². The van der Waals surface area contributed by atoms with Crippen LogP contribution in [0.3, 0.4) is 0 Å². The maximum atomic E-state index is 12.4. The molecule has 2 heterocycles. The highest BCUT2D eigenvalue weighted by Crippen LogP contribution is 2.28. The molecule has 0 bridgehead atoms. The Morgan fingerprint density at radius 2 is 2.04 bits per heavy atom. The Morgan fingerprint density at radius 3 is 2.67 bits per heavy atom. The van der Waals surface area contributed by atoms with E-state index in [2.05, 4.69) is 15.5 Å². The summed E-state index contributed by atoms with van der Waals surface area (Å²) in [6, 6.07) is 4.64. The van der Waals surface area contributed by atoms with E-state index in [0.29, 0.717) is 17.6 Å². The fraction of sp³-hybridized carbons (Fsp3) is 0.632. The average Bonchev–Trinajstić information content (AvgIpc) is 3.06. The number of hydrogen-bond acceptors (Lipinski definition) is 3. The maximum Gasteiger partial charge on any atom is 0.238 e. The fourth-order valence-corrected chi connectivity index (χ4v) is 4.45. The highest BCUT2D eigenvalue weighted by molar-refractivity contribution is 6.34. The second kappa shape index (κ2) is 7.85. The lowest BCUT2D eigenvalue weighted by Crippen LogP contribution is -2.43. The van der Waals surface area contributed by atoms with Crippen LogP contribution in [0.2, 0.25) is 5.02 Å². The van der Waals surface area contributed by atoms with Gasteiger partial charge in [-0.05, 0) is 82.3 Å². The van der Waals surface area contributed by atoms with Crippen molar-refractivity contribution >= 4 is 23.2 Å². The highest BCUT2D eigenvalue weighted by Gasteiger charge is 2.28. The van der Waals surface area contributed by atoms with Gasteiger partial charge in [-0.15, -0.1) is 0 Å². The van der Waals surface area contributed by atoms with Crippen LogP contribution in [-0.4, -0.2) is 43.0 Å². The monoisotopic (exact) mass is 349 g/mol. The van der Waals surface area contributed by atoms with Crippen molar-refractivity contribution in [2.75, 3.05) is 31.5 Å². The van der Waals surface area contributed by atoms with E-state index in [1.807, 2.05) is 26.0 Å². The molecule has 1 unspecified atom stereocenters. The largest absolute Gasteiger partial charge is 0.323 e. The van der Waals surface area contributed by atoms with Gasteiger partial charge in [0, 0.05) is 6.04 Å². The maximum absolute atomic E-state index is 12.4. The predicted molar refractivity (Wildman–Crippen MR) is 99.7 cm³/mol. The molecule has 2 aliphatic rings. The van der Waals surface area contributed by atoms with E-state index >= 15 is 0 Å². The van der Waals surface area contributed by atoms with Crippen molar-refractivity contribution < 1.29 is 4.79 Å². The van der Waals surface area contributed by atoms with Gasteiger partial charge in [0.05, 0.1) is 17.3 Å². The van der Waals surface area contributed by atoms with Crippen LogP contribution in [0.4, 0.5) is 5.69 Å². The first kappa shape index (κ1) is 17.7. The lowest BCUT2D eigenvalue weighted by Gasteiger charge is -2.34. The van der Waals surface area contributed by atoms with Crippen molar-refractivity contribution in [3.63, 3.8) is 0 Å². The van der Waals surface area contributed by atoms with E-state index in [-0.39, 0.29) is 5.91 Å². The second-order valence-electron chi connectivity index (χ2n) is 7.30. The molecule has 1 atom stereocenters. The molecule has 1 aromatic carbocycles. The molecule has 5 heteroatoms. The molecule has 0 aliphatic carbocycles. The van der Waals surface area contributed by atoms with Crippen LogP contribution in [0, 0.1) is 19.8 Å². The lowest BCUT2D eigenvalue weighted by molar-refractivity contribution is -0.117. The molecule has 0 saturated carbocycles. The number of carbonyl (C=O) groups is 1. The highest BCUT2D eigenvalue weighted by atomic mass is 35.5. The smallest absolute Gasteiger partial charge is 0.238 e. The standard InChI is InChI=1S/C19H28ClN3O/c1-13-10-14(2)19(16(20)11-13)22-18(24)12-23-8-5-15(6-9-23)17-4-3-7-21-17/h10-11,15,17,21H,3-9,12H2,1-2H3,(H,22,24). The molecule has 132 valence electrons. The van der Waals surface area contributed by atoms with E-state index in [9.17, 15) is 4.79 Å². The van der Waals surface area contributed by atoms with Crippen LogP contribution in [-0.2, 0) is 4.79 Å². The quantitative estimate of drug-likeness (QED) is 0.876. The van der Waals surface area contributed by atoms with Gasteiger partial charge in [0.2, 0.25) is 5.91 Å². The van der Waals surface area contributed by atoms with E-state index in [1.165, 1.54) is 32.2 Å². The van der Waals surface area contributed by atoms with Crippen LogP contribution >= 0.6 is 11.6 Å². The summed E-state index contributed by atoms with van der Waals surface area (Å²) in [5, 5.41) is 7.23. The molecule has 24 heavy (non-hydrogen) atoms. The van der Waals surface area contributed by atoms with E-state index in [1.54, 1.807) is 0 Å². The summed E-state index contributed by atoms with van der Waals surface area (Å²) in [5.41, 5.74) is 2.87. The molecule has 2 fully saturated rings. The number of nitrogens with one attached hydrogen (secondary N) is 2. The molecule has 0 radical (unpaired) electrons. The lowest BCUT2D eigenvalue weighted by atomic mass is 9.88. The number of rotatable bonds is 4. The minimum atomic E-state index is 0.0290. The number of anilines is 1. The number of piperidine rings is 1. The third kappa shape index (κ3) is 4.29. The Balaban J connectivity index is 1.49. The Morgan fingerprint density at radius 1 is 1.29 bits per heavy atom. The Bertz CT molecular complexity index is 567. The second-order valence-corrected chi connectivity index (χ2v) is 7.71. The van der Waals surface area contributed by atoms with Crippen molar-refractivity contribution in [1.29, 1.82) is 0 Å². The third-order valence-corrected chi connectivity index (χ3v) is 5.66. The van der Waals surface area contributed by atoms with Crippen molar-refractivity contribution in [2.24, 2.45) is 5.92 Å².